The van der Waals surface area contributed by atoms with Gasteiger partial charge in [-0.1, -0.05) is 30.3 Å². The van der Waals surface area contributed by atoms with Gasteiger partial charge in [0.15, 0.2) is 0 Å². The Kier molecular flexibility index (Phi) is 7.25. The van der Waals surface area contributed by atoms with Gasteiger partial charge in [-0.3, -0.25) is 19.5 Å². The number of piperazine rings is 1. The van der Waals surface area contributed by atoms with E-state index >= 15 is 0 Å². The zero-order valence-electron chi connectivity index (χ0n) is 19.1. The molecule has 1 saturated heterocycles. The molecule has 3 aromatic rings. The molecule has 0 aliphatic carbocycles. The molecule has 0 saturated carbocycles. The van der Waals surface area contributed by atoms with Crippen molar-refractivity contribution in [1.82, 2.24) is 19.8 Å². The zero-order chi connectivity index (χ0) is 23.9. The fraction of sp³-hybridized carbons (Fsp3) is 0.269. The summed E-state index contributed by atoms with van der Waals surface area (Å²) >= 11 is 0. The highest BCUT2D eigenvalue weighted by atomic mass is 16.2. The second-order valence-electron chi connectivity index (χ2n) is 8.13. The molecule has 0 unspecified atom stereocenters. The van der Waals surface area contributed by atoms with Gasteiger partial charge < -0.3 is 10.2 Å². The summed E-state index contributed by atoms with van der Waals surface area (Å²) in [7, 11) is 0. The Balaban J connectivity index is 1.44. The number of carbonyl (C=O) groups is 2. The molecular formula is C26H26N6O2. The number of nitrogens with zero attached hydrogens (tertiary/aromatic N) is 5. The van der Waals surface area contributed by atoms with Gasteiger partial charge in [0.2, 0.25) is 0 Å². The molecule has 172 valence electrons. The van der Waals surface area contributed by atoms with Crippen molar-refractivity contribution in [2.24, 2.45) is 0 Å². The fourth-order valence-corrected chi connectivity index (χ4v) is 3.86. The van der Waals surface area contributed by atoms with E-state index in [1.807, 2.05) is 47.4 Å². The largest absolute Gasteiger partial charge is 0.336 e. The number of rotatable bonds is 6. The Labute approximate surface area is 198 Å². The highest BCUT2D eigenvalue weighted by Crippen LogP contribution is 2.20. The average Bonchev–Trinajstić information content (AvgIpc) is 2.88. The smallest absolute Gasteiger partial charge is 0.276 e. The number of anilines is 1. The highest BCUT2D eigenvalue weighted by molar-refractivity contribution is 6.03. The van der Waals surface area contributed by atoms with E-state index in [9.17, 15) is 9.59 Å². The minimum atomic E-state index is -0.321. The van der Waals surface area contributed by atoms with Gasteiger partial charge in [-0.15, -0.1) is 0 Å². The standard InChI is InChI=1S/C26H26N6O2/c1-19-24(25(33)29-22-6-3-2-4-7-22)30-23(18-28-19)20-8-10-21(11-9-20)26(34)32-16-14-31(15-17-32)13-5-12-27/h2-4,6-11,18H,5,13-17H2,1H3,(H,29,33). The van der Waals surface area contributed by atoms with E-state index in [2.05, 4.69) is 26.3 Å². The van der Waals surface area contributed by atoms with Crippen LogP contribution in [-0.4, -0.2) is 64.3 Å². The second-order valence-corrected chi connectivity index (χ2v) is 8.13. The summed E-state index contributed by atoms with van der Waals surface area (Å²) in [6.07, 6.45) is 2.14. The number of hydrogen-bond donors (Lipinski definition) is 1. The third-order valence-electron chi connectivity index (χ3n) is 5.83. The number of amides is 2. The Morgan fingerprint density at radius 3 is 2.41 bits per heavy atom. The van der Waals surface area contributed by atoms with Crippen molar-refractivity contribution in [2.45, 2.75) is 13.3 Å². The fourth-order valence-electron chi connectivity index (χ4n) is 3.86. The molecule has 2 aromatic carbocycles. The maximum atomic E-state index is 12.9. The molecular weight excluding hydrogens is 428 g/mol. The average molecular weight is 455 g/mol. The van der Waals surface area contributed by atoms with Crippen LogP contribution in [0.25, 0.3) is 11.3 Å². The molecule has 1 aliphatic rings. The van der Waals surface area contributed by atoms with Crippen LogP contribution in [0, 0.1) is 18.3 Å². The number of aryl methyl sites for hydroxylation is 1. The molecule has 0 bridgehead atoms. The first-order valence-electron chi connectivity index (χ1n) is 11.2. The molecule has 0 spiro atoms. The van der Waals surface area contributed by atoms with Crippen molar-refractivity contribution in [2.75, 3.05) is 38.0 Å². The van der Waals surface area contributed by atoms with Crippen molar-refractivity contribution in [3.63, 3.8) is 0 Å². The van der Waals surface area contributed by atoms with Gasteiger partial charge in [-0.25, -0.2) is 4.98 Å². The quantitative estimate of drug-likeness (QED) is 0.613. The first-order chi connectivity index (χ1) is 16.5. The highest BCUT2D eigenvalue weighted by Gasteiger charge is 2.22. The predicted octanol–water partition coefficient (Wildman–Crippen LogP) is 3.38. The summed E-state index contributed by atoms with van der Waals surface area (Å²) in [5.74, 6) is -0.330. The Bertz CT molecular complexity index is 1200. The number of nitrogens with one attached hydrogen (secondary N) is 1. The van der Waals surface area contributed by atoms with Gasteiger partial charge in [-0.2, -0.15) is 5.26 Å². The summed E-state index contributed by atoms with van der Waals surface area (Å²) in [4.78, 5) is 38.6. The molecule has 1 fully saturated rings. The Morgan fingerprint density at radius 1 is 1.03 bits per heavy atom. The molecule has 8 heteroatoms. The lowest BCUT2D eigenvalue weighted by molar-refractivity contribution is 0.0639. The molecule has 34 heavy (non-hydrogen) atoms. The third-order valence-corrected chi connectivity index (χ3v) is 5.83. The number of para-hydroxylation sites is 1. The summed E-state index contributed by atoms with van der Waals surface area (Å²) < 4.78 is 0. The summed E-state index contributed by atoms with van der Waals surface area (Å²) in [5.41, 5.74) is 3.44. The SMILES string of the molecule is Cc1ncc(-c2ccc(C(=O)N3CCN(CCC#N)CC3)cc2)nc1C(=O)Nc1ccccc1. The van der Waals surface area contributed by atoms with Crippen molar-refractivity contribution in [3.05, 3.63) is 77.7 Å². The number of hydrogen-bond acceptors (Lipinski definition) is 6. The van der Waals surface area contributed by atoms with Crippen molar-refractivity contribution in [1.29, 1.82) is 5.26 Å². The molecule has 4 rings (SSSR count). The van der Waals surface area contributed by atoms with E-state index in [4.69, 9.17) is 5.26 Å². The Hall–Kier alpha value is -4.09. The van der Waals surface area contributed by atoms with Gasteiger partial charge in [0, 0.05) is 56.0 Å². The van der Waals surface area contributed by atoms with Crippen LogP contribution in [0.2, 0.25) is 0 Å². The summed E-state index contributed by atoms with van der Waals surface area (Å²) in [6.45, 7) is 5.34. The normalized spacial score (nSPS) is 13.8. The number of nitriles is 1. The maximum Gasteiger partial charge on any atom is 0.276 e. The molecule has 0 atom stereocenters. The lowest BCUT2D eigenvalue weighted by Gasteiger charge is -2.34. The zero-order valence-corrected chi connectivity index (χ0v) is 19.1. The van der Waals surface area contributed by atoms with Crippen LogP contribution in [0.15, 0.2) is 60.8 Å². The first kappa shape index (κ1) is 23.1. The summed E-state index contributed by atoms with van der Waals surface area (Å²) in [6, 6.07) is 18.6. The van der Waals surface area contributed by atoms with E-state index in [0.29, 0.717) is 42.1 Å². The maximum absolute atomic E-state index is 12.9. The molecule has 0 radical (unpaired) electrons. The predicted molar refractivity (Wildman–Crippen MR) is 129 cm³/mol. The van der Waals surface area contributed by atoms with Crippen LogP contribution in [-0.2, 0) is 0 Å². The second kappa shape index (κ2) is 10.7. The molecule has 2 amide bonds. The number of benzene rings is 2. The van der Waals surface area contributed by atoms with Crippen LogP contribution in [0.1, 0.15) is 33.0 Å². The van der Waals surface area contributed by atoms with Crippen LogP contribution in [0.5, 0.6) is 0 Å². The minimum absolute atomic E-state index is 0.00981. The monoisotopic (exact) mass is 454 g/mol. The van der Waals surface area contributed by atoms with Gasteiger partial charge in [0.05, 0.1) is 23.7 Å². The van der Waals surface area contributed by atoms with Gasteiger partial charge in [0.25, 0.3) is 11.8 Å². The van der Waals surface area contributed by atoms with Crippen LogP contribution in [0.4, 0.5) is 5.69 Å². The van der Waals surface area contributed by atoms with Crippen molar-refractivity contribution in [3.8, 4) is 17.3 Å². The molecule has 2 heterocycles. The van der Waals surface area contributed by atoms with E-state index in [1.54, 1.807) is 25.3 Å². The van der Waals surface area contributed by atoms with Crippen LogP contribution >= 0.6 is 0 Å². The number of aromatic nitrogens is 2. The molecule has 1 aliphatic heterocycles. The molecule has 1 N–H and O–H groups in total. The summed E-state index contributed by atoms with van der Waals surface area (Å²) in [5, 5.41) is 11.6. The lowest BCUT2D eigenvalue weighted by atomic mass is 10.1. The lowest BCUT2D eigenvalue weighted by Crippen LogP contribution is -2.48. The third kappa shape index (κ3) is 5.45. The van der Waals surface area contributed by atoms with Crippen LogP contribution in [0.3, 0.4) is 0 Å². The van der Waals surface area contributed by atoms with Gasteiger partial charge >= 0.3 is 0 Å². The van der Waals surface area contributed by atoms with Crippen LogP contribution < -0.4 is 5.32 Å². The molecule has 8 nitrogen and oxygen atoms in total. The minimum Gasteiger partial charge on any atom is -0.336 e. The van der Waals surface area contributed by atoms with Crippen molar-refractivity contribution >= 4 is 17.5 Å². The molecule has 1 aromatic heterocycles. The Morgan fingerprint density at radius 2 is 1.74 bits per heavy atom. The van der Waals surface area contributed by atoms with Gasteiger partial charge in [-0.05, 0) is 31.2 Å². The number of carbonyl (C=O) groups excluding carboxylic acids is 2. The van der Waals surface area contributed by atoms with Crippen molar-refractivity contribution < 1.29 is 9.59 Å². The van der Waals surface area contributed by atoms with E-state index in [0.717, 1.165) is 25.2 Å². The first-order valence-corrected chi connectivity index (χ1v) is 11.2. The van der Waals surface area contributed by atoms with Gasteiger partial charge in [0.1, 0.15) is 5.69 Å². The van der Waals surface area contributed by atoms with E-state index in [-0.39, 0.29) is 17.5 Å². The van der Waals surface area contributed by atoms with E-state index < -0.39 is 0 Å². The topological polar surface area (TPSA) is 102 Å². The van der Waals surface area contributed by atoms with E-state index in [1.165, 1.54) is 0 Å².